The van der Waals surface area contributed by atoms with Crippen molar-refractivity contribution in [2.75, 3.05) is 12.4 Å². The van der Waals surface area contributed by atoms with E-state index in [1.165, 1.54) is 35.2 Å². The summed E-state index contributed by atoms with van der Waals surface area (Å²) in [5.74, 6) is 1.61. The molecule has 2 aromatic carbocycles. The summed E-state index contributed by atoms with van der Waals surface area (Å²) in [6.07, 6.45) is 2.42. The summed E-state index contributed by atoms with van der Waals surface area (Å²) in [4.78, 5) is 0. The molecule has 0 atom stereocenters. The molecule has 0 unspecified atom stereocenters. The van der Waals surface area contributed by atoms with Gasteiger partial charge in [0.2, 0.25) is 0 Å². The third kappa shape index (κ3) is 2.90. The van der Waals surface area contributed by atoms with Crippen LogP contribution in [0.4, 0.5) is 5.69 Å². The lowest BCUT2D eigenvalue weighted by atomic mass is 9.75. The molecule has 1 N–H and O–H groups in total. The van der Waals surface area contributed by atoms with Gasteiger partial charge >= 0.3 is 0 Å². The fourth-order valence-corrected chi connectivity index (χ4v) is 3.01. The van der Waals surface area contributed by atoms with E-state index in [4.69, 9.17) is 4.74 Å². The van der Waals surface area contributed by atoms with Gasteiger partial charge in [0, 0.05) is 11.7 Å². The van der Waals surface area contributed by atoms with E-state index in [-0.39, 0.29) is 0 Å². The van der Waals surface area contributed by atoms with E-state index in [9.17, 15) is 0 Å². The van der Waals surface area contributed by atoms with Crippen LogP contribution in [-0.2, 0) is 0 Å². The van der Waals surface area contributed by atoms with Crippen molar-refractivity contribution >= 4 is 5.69 Å². The molecule has 2 nitrogen and oxygen atoms in total. The Balaban J connectivity index is 1.59. The fourth-order valence-electron chi connectivity index (χ4n) is 3.01. The molecule has 2 aromatic rings. The second-order valence-corrected chi connectivity index (χ2v) is 6.03. The highest BCUT2D eigenvalue weighted by Crippen LogP contribution is 2.39. The summed E-state index contributed by atoms with van der Waals surface area (Å²) in [5.41, 5.74) is 5.43. The highest BCUT2D eigenvalue weighted by atomic mass is 16.5. The van der Waals surface area contributed by atoms with E-state index in [0.717, 1.165) is 5.75 Å². The van der Waals surface area contributed by atoms with Gasteiger partial charge in [-0.1, -0.05) is 24.3 Å². The van der Waals surface area contributed by atoms with Crippen molar-refractivity contribution in [2.24, 2.45) is 0 Å². The molecular formula is C19H23NO. The van der Waals surface area contributed by atoms with Crippen LogP contribution < -0.4 is 10.1 Å². The van der Waals surface area contributed by atoms with Crippen LogP contribution in [0.3, 0.4) is 0 Å². The van der Waals surface area contributed by atoms with Crippen molar-refractivity contribution in [3.05, 3.63) is 59.2 Å². The summed E-state index contributed by atoms with van der Waals surface area (Å²) in [7, 11) is 1.71. The number of ether oxygens (including phenoxy) is 1. The van der Waals surface area contributed by atoms with E-state index >= 15 is 0 Å². The highest BCUT2D eigenvalue weighted by Gasteiger charge is 2.30. The van der Waals surface area contributed by atoms with Crippen LogP contribution in [0.15, 0.2) is 42.5 Å². The molecule has 0 aliphatic heterocycles. The molecule has 21 heavy (non-hydrogen) atoms. The minimum absolute atomic E-state index is 0.595. The SMILES string of the molecule is COc1ccc(C2CC(Nc3cccc(C)c3C)C2)cc1. The van der Waals surface area contributed by atoms with Crippen LogP contribution >= 0.6 is 0 Å². The molecule has 3 rings (SSSR count). The van der Waals surface area contributed by atoms with Gasteiger partial charge in [-0.05, 0) is 67.5 Å². The molecule has 0 bridgehead atoms. The van der Waals surface area contributed by atoms with Crippen molar-refractivity contribution in [2.45, 2.75) is 38.6 Å². The maximum absolute atomic E-state index is 5.21. The highest BCUT2D eigenvalue weighted by molar-refractivity contribution is 5.54. The van der Waals surface area contributed by atoms with Crippen molar-refractivity contribution in [3.8, 4) is 5.75 Å². The first kappa shape index (κ1) is 14.0. The van der Waals surface area contributed by atoms with Crippen LogP contribution in [0.5, 0.6) is 5.75 Å². The zero-order chi connectivity index (χ0) is 14.8. The van der Waals surface area contributed by atoms with Crippen LogP contribution in [0.25, 0.3) is 0 Å². The average molecular weight is 281 g/mol. The minimum Gasteiger partial charge on any atom is -0.497 e. The summed E-state index contributed by atoms with van der Waals surface area (Å²) in [6.45, 7) is 4.36. The number of rotatable bonds is 4. The average Bonchev–Trinajstić information content (AvgIpc) is 2.47. The summed E-state index contributed by atoms with van der Waals surface area (Å²) >= 11 is 0. The predicted molar refractivity (Wildman–Crippen MR) is 88.3 cm³/mol. The molecule has 2 heteroatoms. The Morgan fingerprint density at radius 1 is 1.00 bits per heavy atom. The van der Waals surface area contributed by atoms with Crippen LogP contribution in [0.2, 0.25) is 0 Å². The Labute approximate surface area is 127 Å². The van der Waals surface area contributed by atoms with Gasteiger partial charge in [0.25, 0.3) is 0 Å². The van der Waals surface area contributed by atoms with Gasteiger partial charge < -0.3 is 10.1 Å². The topological polar surface area (TPSA) is 21.3 Å². The first-order chi connectivity index (χ1) is 10.2. The summed E-state index contributed by atoms with van der Waals surface area (Å²) < 4.78 is 5.21. The van der Waals surface area contributed by atoms with E-state index in [0.29, 0.717) is 12.0 Å². The summed E-state index contributed by atoms with van der Waals surface area (Å²) in [6, 6.07) is 15.6. The molecule has 0 spiro atoms. The fraction of sp³-hybridized carbons (Fsp3) is 0.368. The van der Waals surface area contributed by atoms with Gasteiger partial charge in [-0.15, -0.1) is 0 Å². The van der Waals surface area contributed by atoms with Gasteiger partial charge in [-0.3, -0.25) is 0 Å². The Kier molecular flexibility index (Phi) is 3.87. The number of methoxy groups -OCH3 is 1. The summed E-state index contributed by atoms with van der Waals surface area (Å²) in [5, 5.41) is 3.69. The quantitative estimate of drug-likeness (QED) is 0.879. The molecule has 110 valence electrons. The number of hydrogen-bond acceptors (Lipinski definition) is 2. The Hall–Kier alpha value is -1.96. The molecule has 1 saturated carbocycles. The number of hydrogen-bond donors (Lipinski definition) is 1. The van der Waals surface area contributed by atoms with E-state index in [1.54, 1.807) is 7.11 Å². The van der Waals surface area contributed by atoms with Gasteiger partial charge in [0.1, 0.15) is 5.75 Å². The Morgan fingerprint density at radius 3 is 2.38 bits per heavy atom. The number of aryl methyl sites for hydroxylation is 1. The third-order valence-corrected chi connectivity index (χ3v) is 4.69. The van der Waals surface area contributed by atoms with Crippen molar-refractivity contribution in [1.29, 1.82) is 0 Å². The molecule has 1 aliphatic carbocycles. The maximum Gasteiger partial charge on any atom is 0.118 e. The zero-order valence-corrected chi connectivity index (χ0v) is 13.0. The molecule has 1 aliphatic rings. The van der Waals surface area contributed by atoms with E-state index < -0.39 is 0 Å². The standard InChI is InChI=1S/C19H23NO/c1-13-5-4-6-19(14(13)2)20-17-11-16(12-17)15-7-9-18(21-3)10-8-15/h4-10,16-17,20H,11-12H2,1-3H3. The largest absolute Gasteiger partial charge is 0.497 e. The monoisotopic (exact) mass is 281 g/mol. The molecule has 0 radical (unpaired) electrons. The van der Waals surface area contributed by atoms with Crippen LogP contribution in [0, 0.1) is 13.8 Å². The normalized spacial score (nSPS) is 20.7. The lowest BCUT2D eigenvalue weighted by Crippen LogP contribution is -2.34. The predicted octanol–water partition coefficient (Wildman–Crippen LogP) is 4.67. The lowest BCUT2D eigenvalue weighted by molar-refractivity contribution is 0.373. The van der Waals surface area contributed by atoms with Crippen LogP contribution in [0.1, 0.15) is 35.4 Å². The smallest absolute Gasteiger partial charge is 0.118 e. The number of benzene rings is 2. The molecule has 0 aromatic heterocycles. The zero-order valence-electron chi connectivity index (χ0n) is 13.0. The van der Waals surface area contributed by atoms with Crippen LogP contribution in [-0.4, -0.2) is 13.2 Å². The van der Waals surface area contributed by atoms with Gasteiger partial charge in [-0.25, -0.2) is 0 Å². The first-order valence-electron chi connectivity index (χ1n) is 7.64. The van der Waals surface area contributed by atoms with Gasteiger partial charge in [0.05, 0.1) is 7.11 Å². The number of anilines is 1. The van der Waals surface area contributed by atoms with Gasteiger partial charge in [-0.2, -0.15) is 0 Å². The Morgan fingerprint density at radius 2 is 1.71 bits per heavy atom. The molecule has 0 saturated heterocycles. The lowest BCUT2D eigenvalue weighted by Gasteiger charge is -2.37. The van der Waals surface area contributed by atoms with Crippen molar-refractivity contribution < 1.29 is 4.74 Å². The van der Waals surface area contributed by atoms with E-state index in [2.05, 4.69) is 61.6 Å². The van der Waals surface area contributed by atoms with Crippen molar-refractivity contribution in [3.63, 3.8) is 0 Å². The molecule has 0 amide bonds. The van der Waals surface area contributed by atoms with E-state index in [1.807, 2.05) is 0 Å². The Bertz CT molecular complexity index is 612. The first-order valence-corrected chi connectivity index (χ1v) is 7.64. The molecular weight excluding hydrogens is 258 g/mol. The molecule has 1 fully saturated rings. The van der Waals surface area contributed by atoms with Gasteiger partial charge in [0.15, 0.2) is 0 Å². The number of nitrogens with one attached hydrogen (secondary N) is 1. The second-order valence-electron chi connectivity index (χ2n) is 6.03. The second kappa shape index (κ2) is 5.80. The molecule has 0 heterocycles. The minimum atomic E-state index is 0.595. The third-order valence-electron chi connectivity index (χ3n) is 4.69. The maximum atomic E-state index is 5.21. The van der Waals surface area contributed by atoms with Crippen molar-refractivity contribution in [1.82, 2.24) is 0 Å².